The molecule has 194 valence electrons. The van der Waals surface area contributed by atoms with Gasteiger partial charge in [0.15, 0.2) is 5.75 Å². The van der Waals surface area contributed by atoms with Crippen LogP contribution in [0.2, 0.25) is 5.02 Å². The maximum atomic E-state index is 13.0. The van der Waals surface area contributed by atoms with E-state index in [1.807, 2.05) is 25.1 Å². The van der Waals surface area contributed by atoms with Crippen LogP contribution < -0.4 is 15.4 Å². The van der Waals surface area contributed by atoms with Crippen molar-refractivity contribution in [3.05, 3.63) is 71.2 Å². The van der Waals surface area contributed by atoms with Crippen LogP contribution in [-0.4, -0.2) is 52.4 Å². The molecule has 38 heavy (non-hydrogen) atoms. The van der Waals surface area contributed by atoms with Crippen molar-refractivity contribution in [3.63, 3.8) is 0 Å². The molecule has 1 fully saturated rings. The lowest BCUT2D eigenvalue weighted by Gasteiger charge is -2.23. The highest BCUT2D eigenvalue weighted by atomic mass is 35.5. The first kappa shape index (κ1) is 25.4. The molecular formula is C29H28ClN5O3. The molecule has 1 saturated heterocycles. The van der Waals surface area contributed by atoms with Gasteiger partial charge in [-0.3, -0.25) is 14.6 Å². The van der Waals surface area contributed by atoms with Gasteiger partial charge in [0.1, 0.15) is 0 Å². The molecular weight excluding hydrogens is 502 g/mol. The largest absolute Gasteiger partial charge is 0.493 e. The number of pyridine rings is 1. The number of hydrogen-bond donors (Lipinski definition) is 3. The molecule has 3 N–H and O–H groups in total. The summed E-state index contributed by atoms with van der Waals surface area (Å²) in [5.41, 5.74) is 4.77. The number of likely N-dealkylation sites (tertiary alicyclic amines) is 1. The summed E-state index contributed by atoms with van der Waals surface area (Å²) in [7, 11) is 1.55. The lowest BCUT2D eigenvalue weighted by Crippen LogP contribution is -2.38. The number of para-hydroxylation sites is 1. The number of H-pyrrole nitrogens is 1. The van der Waals surface area contributed by atoms with Gasteiger partial charge in [-0.05, 0) is 44.0 Å². The minimum absolute atomic E-state index is 0.102. The van der Waals surface area contributed by atoms with E-state index < -0.39 is 0 Å². The zero-order valence-electron chi connectivity index (χ0n) is 21.2. The number of aromatic nitrogens is 2. The number of amides is 2. The smallest absolute Gasteiger partial charge is 0.255 e. The number of carbonyl (C=O) groups excluding carboxylic acids is 2. The number of benzene rings is 1. The second-order valence-electron chi connectivity index (χ2n) is 9.26. The quantitative estimate of drug-likeness (QED) is 0.329. The second kappa shape index (κ2) is 10.6. The van der Waals surface area contributed by atoms with Crippen molar-refractivity contribution in [2.75, 3.05) is 19.0 Å². The minimum atomic E-state index is -0.209. The molecule has 2 aliphatic rings. The predicted molar refractivity (Wildman–Crippen MR) is 148 cm³/mol. The van der Waals surface area contributed by atoms with Crippen LogP contribution in [0.15, 0.2) is 49.3 Å². The average Bonchev–Trinajstić information content (AvgIpc) is 3.48. The summed E-state index contributed by atoms with van der Waals surface area (Å²) in [6.07, 6.45) is 7.06. The van der Waals surface area contributed by atoms with Gasteiger partial charge in [-0.25, -0.2) is 0 Å². The van der Waals surface area contributed by atoms with Gasteiger partial charge in [-0.2, -0.15) is 0 Å². The summed E-state index contributed by atoms with van der Waals surface area (Å²) in [6, 6.07) is 7.16. The van der Waals surface area contributed by atoms with E-state index in [-0.39, 0.29) is 23.9 Å². The van der Waals surface area contributed by atoms with Crippen molar-refractivity contribution in [2.24, 2.45) is 0 Å². The summed E-state index contributed by atoms with van der Waals surface area (Å²) >= 11 is 6.37. The fraction of sp³-hybridized carbons (Fsp3) is 0.276. The predicted octanol–water partition coefficient (Wildman–Crippen LogP) is 4.69. The Kier molecular flexibility index (Phi) is 7.12. The molecule has 2 aromatic heterocycles. The zero-order valence-corrected chi connectivity index (χ0v) is 22.0. The monoisotopic (exact) mass is 529 g/mol. The second-order valence-corrected chi connectivity index (χ2v) is 9.67. The van der Waals surface area contributed by atoms with Crippen molar-refractivity contribution in [1.29, 1.82) is 0 Å². The SMILES string of the molecule is C=CC(=O)N1[C@@H](C)CC[C@@H]1C#Cc1cnccc1-c1[nH]c2c(c1Nc1cccc(Cl)c1OC)C(=O)NCC2. The molecule has 0 radical (unpaired) electrons. The van der Waals surface area contributed by atoms with E-state index in [9.17, 15) is 9.59 Å². The molecule has 8 nitrogen and oxygen atoms in total. The Morgan fingerprint density at radius 2 is 2.18 bits per heavy atom. The topological polar surface area (TPSA) is 99.3 Å². The molecule has 2 atom stereocenters. The van der Waals surface area contributed by atoms with Crippen molar-refractivity contribution in [1.82, 2.24) is 20.2 Å². The zero-order chi connectivity index (χ0) is 26.8. The van der Waals surface area contributed by atoms with Gasteiger partial charge in [0.2, 0.25) is 5.91 Å². The average molecular weight is 530 g/mol. The number of fused-ring (bicyclic) bond motifs is 1. The van der Waals surface area contributed by atoms with E-state index >= 15 is 0 Å². The van der Waals surface area contributed by atoms with E-state index in [1.54, 1.807) is 30.5 Å². The number of hydrogen-bond acceptors (Lipinski definition) is 5. The lowest BCUT2D eigenvalue weighted by atomic mass is 10.0. The number of methoxy groups -OCH3 is 1. The molecule has 1 aromatic carbocycles. The van der Waals surface area contributed by atoms with E-state index in [1.165, 1.54) is 6.08 Å². The van der Waals surface area contributed by atoms with Crippen LogP contribution in [0.5, 0.6) is 5.75 Å². The third-order valence-corrected chi connectivity index (χ3v) is 7.26. The molecule has 0 unspecified atom stereocenters. The van der Waals surface area contributed by atoms with E-state index in [0.717, 1.165) is 24.1 Å². The van der Waals surface area contributed by atoms with Crippen LogP contribution in [-0.2, 0) is 11.2 Å². The van der Waals surface area contributed by atoms with E-state index in [0.29, 0.717) is 51.9 Å². The molecule has 0 saturated carbocycles. The van der Waals surface area contributed by atoms with Gasteiger partial charge in [0.25, 0.3) is 5.91 Å². The van der Waals surface area contributed by atoms with Gasteiger partial charge in [-0.1, -0.05) is 36.1 Å². The Morgan fingerprint density at radius 1 is 1.34 bits per heavy atom. The fourth-order valence-corrected chi connectivity index (χ4v) is 5.38. The number of aromatic amines is 1. The Balaban J connectivity index is 1.61. The highest BCUT2D eigenvalue weighted by Gasteiger charge is 2.32. The number of ether oxygens (including phenoxy) is 1. The summed E-state index contributed by atoms with van der Waals surface area (Å²) < 4.78 is 5.53. The molecule has 0 spiro atoms. The Hall–Kier alpha value is -4.22. The van der Waals surface area contributed by atoms with Crippen LogP contribution in [0.3, 0.4) is 0 Å². The van der Waals surface area contributed by atoms with E-state index in [2.05, 4.69) is 39.0 Å². The first-order chi connectivity index (χ1) is 18.4. The maximum absolute atomic E-state index is 13.0. The fourth-order valence-electron chi connectivity index (χ4n) is 5.13. The van der Waals surface area contributed by atoms with Crippen LogP contribution in [0.25, 0.3) is 11.3 Å². The Labute approximate surface area is 226 Å². The summed E-state index contributed by atoms with van der Waals surface area (Å²) in [5, 5.41) is 6.78. The molecule has 2 amide bonds. The van der Waals surface area contributed by atoms with Gasteiger partial charge in [0, 0.05) is 42.7 Å². The molecule has 0 bridgehead atoms. The summed E-state index contributed by atoms with van der Waals surface area (Å²) in [5.74, 6) is 6.73. The standard InChI is InChI=1S/C29H28ClN5O3/c1-4-24(36)35-17(2)8-10-19(35)11-9-18-16-31-14-12-20(18)26-27(25-22(33-26)13-15-32-29(25)37)34-23-7-5-6-21(30)28(23)38-3/h4-7,12,14,16-17,19,33-34H,1,8,10,13,15H2,2-3H3,(H,32,37)/t17-,19+/m0/s1. The van der Waals surface area contributed by atoms with Crippen LogP contribution in [0.1, 0.15) is 41.4 Å². The number of nitrogens with one attached hydrogen (secondary N) is 3. The highest BCUT2D eigenvalue weighted by Crippen LogP contribution is 2.41. The summed E-state index contributed by atoms with van der Waals surface area (Å²) in [4.78, 5) is 35.0. The van der Waals surface area contributed by atoms with E-state index in [4.69, 9.17) is 16.3 Å². The van der Waals surface area contributed by atoms with Gasteiger partial charge in [0.05, 0.1) is 46.4 Å². The Bertz CT molecular complexity index is 1490. The molecule has 2 aliphatic heterocycles. The van der Waals surface area contributed by atoms with Crippen LogP contribution in [0.4, 0.5) is 11.4 Å². The lowest BCUT2D eigenvalue weighted by molar-refractivity contribution is -0.127. The highest BCUT2D eigenvalue weighted by molar-refractivity contribution is 6.32. The number of carbonyl (C=O) groups is 2. The van der Waals surface area contributed by atoms with Crippen molar-refractivity contribution in [3.8, 4) is 28.8 Å². The van der Waals surface area contributed by atoms with Crippen LogP contribution >= 0.6 is 11.6 Å². The van der Waals surface area contributed by atoms with Crippen molar-refractivity contribution < 1.29 is 14.3 Å². The van der Waals surface area contributed by atoms with Gasteiger partial charge < -0.3 is 25.3 Å². The molecule has 0 aliphatic carbocycles. The Morgan fingerprint density at radius 3 is 2.97 bits per heavy atom. The number of anilines is 2. The summed E-state index contributed by atoms with van der Waals surface area (Å²) in [6.45, 7) is 6.20. The third-order valence-electron chi connectivity index (χ3n) is 6.96. The number of nitrogens with zero attached hydrogens (tertiary/aromatic N) is 2. The van der Waals surface area contributed by atoms with Crippen LogP contribution in [0, 0.1) is 11.8 Å². The molecule has 3 aromatic rings. The van der Waals surface area contributed by atoms with Crippen molar-refractivity contribution >= 4 is 34.8 Å². The third kappa shape index (κ3) is 4.61. The first-order valence-electron chi connectivity index (χ1n) is 12.5. The van der Waals surface area contributed by atoms with Crippen molar-refractivity contribution in [2.45, 2.75) is 38.3 Å². The van der Waals surface area contributed by atoms with Gasteiger partial charge >= 0.3 is 0 Å². The maximum Gasteiger partial charge on any atom is 0.255 e. The number of halogens is 1. The molecule has 4 heterocycles. The normalized spacial score (nSPS) is 18.2. The number of rotatable bonds is 5. The molecule has 5 rings (SSSR count). The molecule has 9 heteroatoms. The minimum Gasteiger partial charge on any atom is -0.493 e. The van der Waals surface area contributed by atoms with Gasteiger partial charge in [-0.15, -0.1) is 0 Å². The first-order valence-corrected chi connectivity index (χ1v) is 12.8.